The van der Waals surface area contributed by atoms with Crippen molar-refractivity contribution in [2.24, 2.45) is 0 Å². The highest BCUT2D eigenvalue weighted by Gasteiger charge is 2.02. The van der Waals surface area contributed by atoms with E-state index in [0.717, 1.165) is 17.0 Å². The molecule has 1 aromatic carbocycles. The molecule has 0 aliphatic carbocycles. The third-order valence-electron chi connectivity index (χ3n) is 2.64. The zero-order valence-corrected chi connectivity index (χ0v) is 10.1. The summed E-state index contributed by atoms with van der Waals surface area (Å²) in [5.74, 6) is 0.801. The predicted octanol–water partition coefficient (Wildman–Crippen LogP) is 1.93. The Labute approximate surface area is 105 Å². The van der Waals surface area contributed by atoms with Crippen LogP contribution in [-0.4, -0.2) is 16.7 Å². The van der Waals surface area contributed by atoms with Gasteiger partial charge in [-0.05, 0) is 48.9 Å². The summed E-state index contributed by atoms with van der Waals surface area (Å²) in [6, 6.07) is 10.9. The highest BCUT2D eigenvalue weighted by molar-refractivity contribution is 5.60. The van der Waals surface area contributed by atoms with Crippen LogP contribution in [0.5, 0.6) is 5.75 Å². The Hall–Kier alpha value is -2.07. The van der Waals surface area contributed by atoms with E-state index >= 15 is 0 Å². The van der Waals surface area contributed by atoms with Gasteiger partial charge in [0.25, 0.3) is 5.56 Å². The van der Waals surface area contributed by atoms with Gasteiger partial charge in [-0.15, -0.1) is 0 Å². The monoisotopic (exact) mass is 245 g/mol. The lowest BCUT2D eigenvalue weighted by atomic mass is 10.1. The Kier molecular flexibility index (Phi) is 3.79. The number of aromatic amines is 1. The van der Waals surface area contributed by atoms with Crippen molar-refractivity contribution >= 4 is 0 Å². The fraction of sp³-hybridized carbons (Fsp3) is 0.214. The number of aromatic nitrogens is 1. The maximum atomic E-state index is 11.6. The molecule has 0 aliphatic heterocycles. The van der Waals surface area contributed by atoms with Crippen LogP contribution in [0.25, 0.3) is 11.3 Å². The molecule has 1 aromatic heterocycles. The summed E-state index contributed by atoms with van der Waals surface area (Å²) in [5.41, 5.74) is 1.73. The predicted molar refractivity (Wildman–Crippen MR) is 69.6 cm³/mol. The number of hydrogen-bond donors (Lipinski definition) is 2. The van der Waals surface area contributed by atoms with Crippen LogP contribution in [0.1, 0.15) is 12.5 Å². The molecule has 4 heteroatoms. The molecule has 94 valence electrons. The molecule has 0 aliphatic rings. The molecule has 0 saturated heterocycles. The van der Waals surface area contributed by atoms with Crippen molar-refractivity contribution in [3.63, 3.8) is 0 Å². The van der Waals surface area contributed by atoms with Gasteiger partial charge in [0.15, 0.2) is 0 Å². The summed E-state index contributed by atoms with van der Waals surface area (Å²) in [4.78, 5) is 14.3. The summed E-state index contributed by atoms with van der Waals surface area (Å²) in [6.07, 6.45) is 0. The van der Waals surface area contributed by atoms with E-state index in [9.17, 15) is 4.79 Å². The van der Waals surface area contributed by atoms with Crippen molar-refractivity contribution in [1.82, 2.24) is 4.98 Å². The van der Waals surface area contributed by atoms with Crippen molar-refractivity contribution in [2.45, 2.75) is 13.5 Å². The van der Waals surface area contributed by atoms with Crippen molar-refractivity contribution in [3.8, 4) is 17.0 Å². The third kappa shape index (κ3) is 2.60. The molecule has 0 unspecified atom stereocenters. The van der Waals surface area contributed by atoms with Gasteiger partial charge in [-0.1, -0.05) is 0 Å². The fourth-order valence-electron chi connectivity index (χ4n) is 1.69. The first-order valence-electron chi connectivity index (χ1n) is 5.81. The molecule has 0 spiro atoms. The highest BCUT2D eigenvalue weighted by atomic mass is 16.5. The molecule has 18 heavy (non-hydrogen) atoms. The van der Waals surface area contributed by atoms with Crippen LogP contribution in [0.4, 0.5) is 0 Å². The van der Waals surface area contributed by atoms with E-state index < -0.39 is 0 Å². The molecular weight excluding hydrogens is 230 g/mol. The second kappa shape index (κ2) is 5.51. The maximum Gasteiger partial charge on any atom is 0.253 e. The zero-order valence-electron chi connectivity index (χ0n) is 10.1. The van der Waals surface area contributed by atoms with E-state index in [4.69, 9.17) is 9.84 Å². The first-order chi connectivity index (χ1) is 8.74. The van der Waals surface area contributed by atoms with Crippen LogP contribution in [0.15, 0.2) is 41.2 Å². The summed E-state index contributed by atoms with van der Waals surface area (Å²) in [7, 11) is 0. The SMILES string of the molecule is CCOc1ccc(-c2ccc(CO)c(=O)[nH]2)cc1. The summed E-state index contributed by atoms with van der Waals surface area (Å²) >= 11 is 0. The quantitative estimate of drug-likeness (QED) is 0.865. The van der Waals surface area contributed by atoms with Crippen molar-refractivity contribution in [1.29, 1.82) is 0 Å². The summed E-state index contributed by atoms with van der Waals surface area (Å²) < 4.78 is 5.35. The van der Waals surface area contributed by atoms with E-state index in [0.29, 0.717) is 12.2 Å². The smallest absolute Gasteiger partial charge is 0.253 e. The minimum atomic E-state index is -0.260. The Morgan fingerprint density at radius 3 is 2.44 bits per heavy atom. The van der Waals surface area contributed by atoms with E-state index in [1.165, 1.54) is 0 Å². The fourth-order valence-corrected chi connectivity index (χ4v) is 1.69. The van der Waals surface area contributed by atoms with Crippen LogP contribution in [0.3, 0.4) is 0 Å². The average Bonchev–Trinajstić information content (AvgIpc) is 2.40. The Bertz CT molecular complexity index is 572. The van der Waals surface area contributed by atoms with Gasteiger partial charge in [-0.2, -0.15) is 0 Å². The van der Waals surface area contributed by atoms with Crippen LogP contribution in [0.2, 0.25) is 0 Å². The van der Waals surface area contributed by atoms with E-state index in [-0.39, 0.29) is 12.2 Å². The van der Waals surface area contributed by atoms with Gasteiger partial charge in [0.1, 0.15) is 5.75 Å². The van der Waals surface area contributed by atoms with Crippen LogP contribution in [-0.2, 0) is 6.61 Å². The van der Waals surface area contributed by atoms with E-state index in [1.54, 1.807) is 12.1 Å². The molecule has 2 rings (SSSR count). The van der Waals surface area contributed by atoms with Crippen molar-refractivity contribution < 1.29 is 9.84 Å². The second-order valence-corrected chi connectivity index (χ2v) is 3.84. The molecule has 0 bridgehead atoms. The van der Waals surface area contributed by atoms with Gasteiger partial charge >= 0.3 is 0 Å². The number of ether oxygens (including phenoxy) is 1. The molecule has 2 N–H and O–H groups in total. The molecule has 0 saturated carbocycles. The van der Waals surface area contributed by atoms with Crippen LogP contribution in [0, 0.1) is 0 Å². The van der Waals surface area contributed by atoms with Gasteiger partial charge < -0.3 is 14.8 Å². The summed E-state index contributed by atoms with van der Waals surface area (Å²) in [5, 5.41) is 8.94. The Morgan fingerprint density at radius 1 is 1.17 bits per heavy atom. The number of rotatable bonds is 4. The van der Waals surface area contributed by atoms with Gasteiger partial charge in [0.2, 0.25) is 0 Å². The number of benzene rings is 1. The molecule has 2 aromatic rings. The standard InChI is InChI=1S/C14H15NO3/c1-2-18-12-6-3-10(4-7-12)13-8-5-11(9-16)14(17)15-13/h3-8,16H,2,9H2,1H3,(H,15,17). The minimum Gasteiger partial charge on any atom is -0.494 e. The minimum absolute atomic E-state index is 0.251. The maximum absolute atomic E-state index is 11.6. The van der Waals surface area contributed by atoms with Crippen molar-refractivity contribution in [2.75, 3.05) is 6.61 Å². The molecule has 0 atom stereocenters. The molecule has 0 fully saturated rings. The molecule has 1 heterocycles. The zero-order chi connectivity index (χ0) is 13.0. The third-order valence-corrected chi connectivity index (χ3v) is 2.64. The Morgan fingerprint density at radius 2 is 1.89 bits per heavy atom. The number of pyridine rings is 1. The number of hydrogen-bond acceptors (Lipinski definition) is 3. The molecule has 0 radical (unpaired) electrons. The first-order valence-corrected chi connectivity index (χ1v) is 5.81. The number of aliphatic hydroxyl groups excluding tert-OH is 1. The Balaban J connectivity index is 2.31. The van der Waals surface area contributed by atoms with Gasteiger partial charge in [0, 0.05) is 11.3 Å². The van der Waals surface area contributed by atoms with Crippen LogP contribution < -0.4 is 10.3 Å². The topological polar surface area (TPSA) is 62.3 Å². The summed E-state index contributed by atoms with van der Waals surface area (Å²) in [6.45, 7) is 2.30. The normalized spacial score (nSPS) is 10.3. The average molecular weight is 245 g/mol. The van der Waals surface area contributed by atoms with E-state index in [1.807, 2.05) is 31.2 Å². The van der Waals surface area contributed by atoms with Crippen LogP contribution >= 0.6 is 0 Å². The van der Waals surface area contributed by atoms with Gasteiger partial charge in [-0.25, -0.2) is 0 Å². The van der Waals surface area contributed by atoms with Gasteiger partial charge in [0.05, 0.1) is 13.2 Å². The number of nitrogens with one attached hydrogen (secondary N) is 1. The second-order valence-electron chi connectivity index (χ2n) is 3.84. The van der Waals surface area contributed by atoms with Gasteiger partial charge in [-0.3, -0.25) is 4.79 Å². The number of aliphatic hydroxyl groups is 1. The molecule has 4 nitrogen and oxygen atoms in total. The largest absolute Gasteiger partial charge is 0.494 e. The number of H-pyrrole nitrogens is 1. The van der Waals surface area contributed by atoms with Crippen molar-refractivity contribution in [3.05, 3.63) is 52.3 Å². The lowest BCUT2D eigenvalue weighted by molar-refractivity contribution is 0.280. The highest BCUT2D eigenvalue weighted by Crippen LogP contribution is 2.20. The lowest BCUT2D eigenvalue weighted by Crippen LogP contribution is -2.12. The lowest BCUT2D eigenvalue weighted by Gasteiger charge is -2.05. The molecule has 0 amide bonds. The van der Waals surface area contributed by atoms with E-state index in [2.05, 4.69) is 4.98 Å². The first kappa shape index (κ1) is 12.4. The molecular formula is C14H15NO3.